The summed E-state index contributed by atoms with van der Waals surface area (Å²) in [6.45, 7) is 4.17. The fourth-order valence-corrected chi connectivity index (χ4v) is 2.82. The van der Waals surface area contributed by atoms with Gasteiger partial charge in [0.15, 0.2) is 0 Å². The molecule has 23 heavy (non-hydrogen) atoms. The lowest BCUT2D eigenvalue weighted by atomic mass is 10.1. The number of hydrogen-bond acceptors (Lipinski definition) is 2. The molecule has 3 nitrogen and oxygen atoms in total. The van der Waals surface area contributed by atoms with Crippen LogP contribution in [0.3, 0.4) is 0 Å². The molecule has 0 saturated carbocycles. The molecule has 1 rings (SSSR count). The van der Waals surface area contributed by atoms with E-state index < -0.39 is 0 Å². The lowest BCUT2D eigenvalue weighted by Crippen LogP contribution is -2.19. The van der Waals surface area contributed by atoms with Gasteiger partial charge in [-0.15, -0.1) is 0 Å². The second kappa shape index (κ2) is 11.5. The molecule has 0 spiro atoms. The van der Waals surface area contributed by atoms with Crippen LogP contribution in [0.5, 0.6) is 0 Å². The molecule has 0 aliphatic carbocycles. The molecule has 0 aromatic heterocycles. The maximum atomic E-state index is 11.9. The quantitative estimate of drug-likeness (QED) is 0.313. The lowest BCUT2D eigenvalue weighted by Gasteiger charge is -2.08. The summed E-state index contributed by atoms with van der Waals surface area (Å²) in [5.74, 6) is -0.0449. The van der Waals surface area contributed by atoms with Crippen molar-refractivity contribution in [3.63, 3.8) is 0 Å². The first-order valence-corrected chi connectivity index (χ1v) is 9.14. The van der Waals surface area contributed by atoms with Crippen molar-refractivity contribution < 1.29 is 4.79 Å². The van der Waals surface area contributed by atoms with Gasteiger partial charge in [-0.2, -0.15) is 5.10 Å². The maximum Gasteiger partial charge on any atom is 0.240 e. The molecule has 1 amide bonds. The maximum absolute atomic E-state index is 11.9. The first-order valence-electron chi connectivity index (χ1n) is 8.39. The highest BCUT2D eigenvalue weighted by atomic mass is 35.5. The molecule has 0 atom stereocenters. The van der Waals surface area contributed by atoms with Crippen molar-refractivity contribution in [2.75, 3.05) is 0 Å². The van der Waals surface area contributed by atoms with E-state index >= 15 is 0 Å². The third kappa shape index (κ3) is 7.85. The Morgan fingerprint density at radius 1 is 1.09 bits per heavy atom. The number of benzene rings is 1. The number of rotatable bonds is 10. The van der Waals surface area contributed by atoms with Gasteiger partial charge in [-0.05, 0) is 25.0 Å². The Morgan fingerprint density at radius 3 is 2.43 bits per heavy atom. The second-order valence-electron chi connectivity index (χ2n) is 5.59. The normalized spacial score (nSPS) is 11.6. The SMILES string of the molecule is CCCCCCCCC(=O)NN=C(CC)c1ccc(Cl)cc1Cl. The number of hydrogen-bond donors (Lipinski definition) is 1. The van der Waals surface area contributed by atoms with Gasteiger partial charge in [-0.25, -0.2) is 5.43 Å². The number of carbonyl (C=O) groups excluding carboxylic acids is 1. The molecular weight excluding hydrogens is 331 g/mol. The van der Waals surface area contributed by atoms with Crippen LogP contribution in [-0.2, 0) is 4.79 Å². The van der Waals surface area contributed by atoms with Crippen LogP contribution >= 0.6 is 23.2 Å². The Kier molecular flexibility index (Phi) is 9.97. The summed E-state index contributed by atoms with van der Waals surface area (Å²) in [6.07, 6.45) is 8.17. The van der Waals surface area contributed by atoms with E-state index in [0.29, 0.717) is 22.9 Å². The summed E-state index contributed by atoms with van der Waals surface area (Å²) in [7, 11) is 0. The van der Waals surface area contributed by atoms with E-state index in [1.165, 1.54) is 25.7 Å². The zero-order chi connectivity index (χ0) is 17.1. The number of carbonyl (C=O) groups is 1. The lowest BCUT2D eigenvalue weighted by molar-refractivity contribution is -0.121. The summed E-state index contributed by atoms with van der Waals surface area (Å²) in [5, 5.41) is 5.35. The number of hydrazone groups is 1. The second-order valence-corrected chi connectivity index (χ2v) is 6.43. The molecule has 0 bridgehead atoms. The zero-order valence-corrected chi connectivity index (χ0v) is 15.5. The van der Waals surface area contributed by atoms with Crippen LogP contribution < -0.4 is 5.43 Å². The molecule has 0 aliphatic rings. The fourth-order valence-electron chi connectivity index (χ4n) is 2.30. The highest BCUT2D eigenvalue weighted by Crippen LogP contribution is 2.22. The van der Waals surface area contributed by atoms with Gasteiger partial charge < -0.3 is 0 Å². The highest BCUT2D eigenvalue weighted by molar-refractivity contribution is 6.37. The molecule has 1 aromatic carbocycles. The van der Waals surface area contributed by atoms with Crippen molar-refractivity contribution in [2.45, 2.75) is 65.2 Å². The molecule has 0 heterocycles. The van der Waals surface area contributed by atoms with Gasteiger partial charge in [0.1, 0.15) is 0 Å². The van der Waals surface area contributed by atoms with Gasteiger partial charge in [0, 0.05) is 17.0 Å². The predicted molar refractivity (Wildman–Crippen MR) is 99.4 cm³/mol. The molecule has 5 heteroatoms. The molecule has 0 aliphatic heterocycles. The molecule has 0 unspecified atom stereocenters. The zero-order valence-electron chi connectivity index (χ0n) is 14.0. The molecule has 1 aromatic rings. The van der Waals surface area contributed by atoms with Gasteiger partial charge in [-0.3, -0.25) is 4.79 Å². The molecule has 0 saturated heterocycles. The number of amides is 1. The predicted octanol–water partition coefficient (Wildman–Crippen LogP) is 5.97. The summed E-state index contributed by atoms with van der Waals surface area (Å²) >= 11 is 12.1. The Morgan fingerprint density at radius 2 is 1.78 bits per heavy atom. The summed E-state index contributed by atoms with van der Waals surface area (Å²) in [5.41, 5.74) is 4.19. The first kappa shape index (κ1) is 20.0. The van der Waals surface area contributed by atoms with Gasteiger partial charge >= 0.3 is 0 Å². The number of halogens is 2. The van der Waals surface area contributed by atoms with Gasteiger partial charge in [-0.1, -0.05) is 75.2 Å². The van der Waals surface area contributed by atoms with Crippen LogP contribution in [0.1, 0.15) is 70.8 Å². The van der Waals surface area contributed by atoms with Gasteiger partial charge in [0.25, 0.3) is 0 Å². The average molecular weight is 357 g/mol. The van der Waals surface area contributed by atoms with Crippen molar-refractivity contribution in [3.05, 3.63) is 33.8 Å². The molecule has 0 radical (unpaired) electrons. The van der Waals surface area contributed by atoms with E-state index in [-0.39, 0.29) is 5.91 Å². The minimum Gasteiger partial charge on any atom is -0.273 e. The smallest absolute Gasteiger partial charge is 0.240 e. The van der Waals surface area contributed by atoms with Crippen LogP contribution in [0.2, 0.25) is 10.0 Å². The summed E-state index contributed by atoms with van der Waals surface area (Å²) in [6, 6.07) is 5.28. The topological polar surface area (TPSA) is 41.5 Å². The van der Waals surface area contributed by atoms with Crippen LogP contribution in [0.15, 0.2) is 23.3 Å². The van der Waals surface area contributed by atoms with E-state index in [0.717, 1.165) is 24.1 Å². The molecular formula is C18H26Cl2N2O. The molecule has 0 fully saturated rings. The highest BCUT2D eigenvalue weighted by Gasteiger charge is 2.08. The Labute approximate surface area is 149 Å². The van der Waals surface area contributed by atoms with E-state index in [2.05, 4.69) is 17.5 Å². The van der Waals surface area contributed by atoms with Crippen molar-refractivity contribution in [1.82, 2.24) is 5.43 Å². The van der Waals surface area contributed by atoms with Crippen LogP contribution in [-0.4, -0.2) is 11.6 Å². The number of unbranched alkanes of at least 4 members (excludes halogenated alkanes) is 5. The van der Waals surface area contributed by atoms with Gasteiger partial charge in [0.05, 0.1) is 10.7 Å². The van der Waals surface area contributed by atoms with Crippen LogP contribution in [0, 0.1) is 0 Å². The van der Waals surface area contributed by atoms with Crippen LogP contribution in [0.25, 0.3) is 0 Å². The molecule has 128 valence electrons. The Hall–Kier alpha value is -1.06. The summed E-state index contributed by atoms with van der Waals surface area (Å²) in [4.78, 5) is 11.9. The summed E-state index contributed by atoms with van der Waals surface area (Å²) < 4.78 is 0. The van der Waals surface area contributed by atoms with E-state index in [4.69, 9.17) is 23.2 Å². The van der Waals surface area contributed by atoms with Crippen molar-refractivity contribution in [3.8, 4) is 0 Å². The third-order valence-electron chi connectivity index (χ3n) is 3.65. The standard InChI is InChI=1S/C18H26Cl2N2O/c1-3-5-6-7-8-9-10-18(23)22-21-17(4-2)15-12-11-14(19)13-16(15)20/h11-13H,3-10H2,1-2H3,(H,22,23). The first-order chi connectivity index (χ1) is 11.1. The van der Waals surface area contributed by atoms with Crippen molar-refractivity contribution >= 4 is 34.8 Å². The minimum absolute atomic E-state index is 0.0449. The number of nitrogens with one attached hydrogen (secondary N) is 1. The van der Waals surface area contributed by atoms with E-state index in [1.807, 2.05) is 13.0 Å². The largest absolute Gasteiger partial charge is 0.273 e. The monoisotopic (exact) mass is 356 g/mol. The minimum atomic E-state index is -0.0449. The van der Waals surface area contributed by atoms with Crippen molar-refractivity contribution in [2.24, 2.45) is 5.10 Å². The number of nitrogens with zero attached hydrogens (tertiary/aromatic N) is 1. The molecule has 1 N–H and O–H groups in total. The average Bonchev–Trinajstić information content (AvgIpc) is 2.53. The Bertz CT molecular complexity index is 530. The fraction of sp³-hybridized carbons (Fsp3) is 0.556. The van der Waals surface area contributed by atoms with Crippen molar-refractivity contribution in [1.29, 1.82) is 0 Å². The van der Waals surface area contributed by atoms with Gasteiger partial charge in [0.2, 0.25) is 5.91 Å². The third-order valence-corrected chi connectivity index (χ3v) is 4.20. The van der Waals surface area contributed by atoms with E-state index in [1.54, 1.807) is 12.1 Å². The van der Waals surface area contributed by atoms with Crippen LogP contribution in [0.4, 0.5) is 0 Å². The Balaban J connectivity index is 2.45. The van der Waals surface area contributed by atoms with E-state index in [9.17, 15) is 4.79 Å².